The van der Waals surface area contributed by atoms with E-state index in [9.17, 15) is 4.39 Å². The van der Waals surface area contributed by atoms with E-state index < -0.39 is 0 Å². The summed E-state index contributed by atoms with van der Waals surface area (Å²) in [7, 11) is 0. The number of nitrogens with zero attached hydrogens (tertiary/aromatic N) is 3. The van der Waals surface area contributed by atoms with Crippen molar-refractivity contribution in [3.8, 4) is 11.4 Å². The van der Waals surface area contributed by atoms with Gasteiger partial charge in [-0.1, -0.05) is 48.5 Å². The van der Waals surface area contributed by atoms with Crippen molar-refractivity contribution in [1.29, 1.82) is 0 Å². The standard InChI is InChI=1S/C18H17ClFN3S/c1-2-11-23-17(13-7-9-15(19)10-8-13)21-22-18(23)24-12-14-5-3-4-6-16(14)20/h3-10H,2,11-12H2,1H3. The molecule has 6 heteroatoms. The molecule has 124 valence electrons. The van der Waals surface area contributed by atoms with E-state index >= 15 is 0 Å². The van der Waals surface area contributed by atoms with Crippen molar-refractivity contribution >= 4 is 23.4 Å². The molecule has 2 aromatic carbocycles. The zero-order valence-electron chi connectivity index (χ0n) is 13.2. The van der Waals surface area contributed by atoms with Crippen molar-refractivity contribution in [1.82, 2.24) is 14.8 Å². The molecule has 0 atom stereocenters. The Balaban J connectivity index is 1.86. The van der Waals surface area contributed by atoms with Crippen LogP contribution in [0.25, 0.3) is 11.4 Å². The minimum Gasteiger partial charge on any atom is -0.302 e. The summed E-state index contributed by atoms with van der Waals surface area (Å²) in [6.07, 6.45) is 0.964. The highest BCUT2D eigenvalue weighted by molar-refractivity contribution is 7.98. The van der Waals surface area contributed by atoms with Crippen LogP contribution in [0.2, 0.25) is 5.02 Å². The lowest BCUT2D eigenvalue weighted by molar-refractivity contribution is 0.615. The van der Waals surface area contributed by atoms with Gasteiger partial charge in [0.25, 0.3) is 0 Å². The van der Waals surface area contributed by atoms with Gasteiger partial charge < -0.3 is 4.57 Å². The van der Waals surface area contributed by atoms with Crippen LogP contribution in [0.1, 0.15) is 18.9 Å². The topological polar surface area (TPSA) is 30.7 Å². The molecule has 0 aliphatic rings. The van der Waals surface area contributed by atoms with E-state index in [2.05, 4.69) is 21.7 Å². The molecule has 0 aliphatic carbocycles. The van der Waals surface area contributed by atoms with Gasteiger partial charge in [-0.25, -0.2) is 4.39 Å². The SMILES string of the molecule is CCCn1c(SCc2ccccc2F)nnc1-c1ccc(Cl)cc1. The van der Waals surface area contributed by atoms with Crippen molar-refractivity contribution in [2.45, 2.75) is 30.8 Å². The lowest BCUT2D eigenvalue weighted by Crippen LogP contribution is -2.02. The smallest absolute Gasteiger partial charge is 0.191 e. The fourth-order valence-corrected chi connectivity index (χ4v) is 3.47. The van der Waals surface area contributed by atoms with Crippen molar-refractivity contribution in [2.75, 3.05) is 0 Å². The van der Waals surface area contributed by atoms with Gasteiger partial charge in [-0.2, -0.15) is 0 Å². The Labute approximate surface area is 149 Å². The van der Waals surface area contributed by atoms with E-state index in [1.54, 1.807) is 12.1 Å². The van der Waals surface area contributed by atoms with Gasteiger partial charge in [-0.3, -0.25) is 0 Å². The van der Waals surface area contributed by atoms with E-state index in [0.29, 0.717) is 16.3 Å². The largest absolute Gasteiger partial charge is 0.302 e. The Bertz CT molecular complexity index is 817. The average Bonchev–Trinajstić information content (AvgIpc) is 2.98. The van der Waals surface area contributed by atoms with E-state index in [4.69, 9.17) is 11.6 Å². The molecule has 0 N–H and O–H groups in total. The molecule has 0 fully saturated rings. The van der Waals surface area contributed by atoms with Gasteiger partial charge in [-0.05, 0) is 42.3 Å². The maximum absolute atomic E-state index is 13.8. The minimum absolute atomic E-state index is 0.190. The van der Waals surface area contributed by atoms with Crippen LogP contribution in [-0.4, -0.2) is 14.8 Å². The summed E-state index contributed by atoms with van der Waals surface area (Å²) in [4.78, 5) is 0. The summed E-state index contributed by atoms with van der Waals surface area (Å²) in [6, 6.07) is 14.4. The second-order valence-corrected chi connectivity index (χ2v) is 6.72. The fraction of sp³-hybridized carbons (Fsp3) is 0.222. The lowest BCUT2D eigenvalue weighted by atomic mass is 10.2. The lowest BCUT2D eigenvalue weighted by Gasteiger charge is -2.09. The predicted octanol–water partition coefficient (Wildman–Crippen LogP) is 5.44. The van der Waals surface area contributed by atoms with Gasteiger partial charge in [0, 0.05) is 22.9 Å². The molecule has 3 rings (SSSR count). The summed E-state index contributed by atoms with van der Waals surface area (Å²) in [6.45, 7) is 2.92. The number of thioether (sulfide) groups is 1. The Morgan fingerprint density at radius 3 is 2.54 bits per heavy atom. The van der Waals surface area contributed by atoms with E-state index in [-0.39, 0.29) is 5.82 Å². The third kappa shape index (κ3) is 3.79. The second kappa shape index (κ2) is 7.81. The summed E-state index contributed by atoms with van der Waals surface area (Å²) in [5.74, 6) is 1.14. The van der Waals surface area contributed by atoms with Crippen LogP contribution in [-0.2, 0) is 12.3 Å². The quantitative estimate of drug-likeness (QED) is 0.548. The Kier molecular flexibility index (Phi) is 5.53. The first-order chi connectivity index (χ1) is 11.7. The van der Waals surface area contributed by atoms with Gasteiger partial charge in [0.15, 0.2) is 11.0 Å². The van der Waals surface area contributed by atoms with Crippen LogP contribution < -0.4 is 0 Å². The maximum atomic E-state index is 13.8. The Hall–Kier alpha value is -1.85. The van der Waals surface area contributed by atoms with Gasteiger partial charge >= 0.3 is 0 Å². The molecular formula is C18H17ClFN3S. The maximum Gasteiger partial charge on any atom is 0.191 e. The first-order valence-corrected chi connectivity index (χ1v) is 9.10. The average molecular weight is 362 g/mol. The minimum atomic E-state index is -0.190. The zero-order chi connectivity index (χ0) is 16.9. The van der Waals surface area contributed by atoms with Crippen molar-refractivity contribution in [2.24, 2.45) is 0 Å². The van der Waals surface area contributed by atoms with Crippen LogP contribution in [0, 0.1) is 5.82 Å². The normalized spacial score (nSPS) is 11.0. The van der Waals surface area contributed by atoms with Crippen molar-refractivity contribution in [3.63, 3.8) is 0 Å². The summed E-state index contributed by atoms with van der Waals surface area (Å²) < 4.78 is 15.9. The molecule has 0 spiro atoms. The Morgan fingerprint density at radius 1 is 1.08 bits per heavy atom. The molecule has 1 heterocycles. The highest BCUT2D eigenvalue weighted by Crippen LogP contribution is 2.28. The third-order valence-electron chi connectivity index (χ3n) is 3.58. The molecule has 24 heavy (non-hydrogen) atoms. The molecule has 0 amide bonds. The highest BCUT2D eigenvalue weighted by Gasteiger charge is 2.14. The monoisotopic (exact) mass is 361 g/mol. The van der Waals surface area contributed by atoms with E-state index in [1.807, 2.05) is 30.3 Å². The first kappa shape index (κ1) is 17.0. The number of rotatable bonds is 6. The first-order valence-electron chi connectivity index (χ1n) is 7.74. The van der Waals surface area contributed by atoms with Gasteiger partial charge in [0.2, 0.25) is 0 Å². The number of hydrogen-bond acceptors (Lipinski definition) is 3. The zero-order valence-corrected chi connectivity index (χ0v) is 14.8. The summed E-state index contributed by atoms with van der Waals surface area (Å²) >= 11 is 7.45. The molecule has 0 radical (unpaired) electrons. The van der Waals surface area contributed by atoms with Crippen LogP contribution in [0.4, 0.5) is 4.39 Å². The Morgan fingerprint density at radius 2 is 1.83 bits per heavy atom. The molecule has 0 bridgehead atoms. The van der Waals surface area contributed by atoms with Crippen molar-refractivity contribution < 1.29 is 4.39 Å². The summed E-state index contributed by atoms with van der Waals surface area (Å²) in [5, 5.41) is 10.1. The number of benzene rings is 2. The van der Waals surface area contributed by atoms with E-state index in [1.165, 1.54) is 17.8 Å². The van der Waals surface area contributed by atoms with Gasteiger partial charge in [0.1, 0.15) is 5.82 Å². The van der Waals surface area contributed by atoms with E-state index in [0.717, 1.165) is 29.5 Å². The molecule has 3 aromatic rings. The van der Waals surface area contributed by atoms with Crippen LogP contribution in [0.5, 0.6) is 0 Å². The molecule has 3 nitrogen and oxygen atoms in total. The van der Waals surface area contributed by atoms with Crippen LogP contribution in [0.15, 0.2) is 53.7 Å². The molecule has 0 unspecified atom stereocenters. The second-order valence-electron chi connectivity index (χ2n) is 5.34. The summed E-state index contributed by atoms with van der Waals surface area (Å²) in [5.41, 5.74) is 1.64. The van der Waals surface area contributed by atoms with Crippen molar-refractivity contribution in [3.05, 3.63) is 64.9 Å². The molecule has 0 saturated carbocycles. The molecule has 1 aromatic heterocycles. The van der Waals surface area contributed by atoms with Crippen LogP contribution >= 0.6 is 23.4 Å². The number of aromatic nitrogens is 3. The number of halogens is 2. The van der Waals surface area contributed by atoms with Gasteiger partial charge in [0.05, 0.1) is 0 Å². The highest BCUT2D eigenvalue weighted by atomic mass is 35.5. The predicted molar refractivity (Wildman–Crippen MR) is 96.7 cm³/mol. The third-order valence-corrected chi connectivity index (χ3v) is 4.85. The van der Waals surface area contributed by atoms with Crippen LogP contribution in [0.3, 0.4) is 0 Å². The van der Waals surface area contributed by atoms with Gasteiger partial charge in [-0.15, -0.1) is 10.2 Å². The molecule has 0 saturated heterocycles. The fourth-order valence-electron chi connectivity index (χ4n) is 2.39. The number of hydrogen-bond donors (Lipinski definition) is 0. The molecule has 0 aliphatic heterocycles. The molecular weight excluding hydrogens is 345 g/mol.